The average molecular weight is 353 g/mol. The molecule has 24 heavy (non-hydrogen) atoms. The number of primary amides is 1. The zero-order valence-corrected chi connectivity index (χ0v) is 14.8. The highest BCUT2D eigenvalue weighted by atomic mass is 32.2. The predicted molar refractivity (Wildman–Crippen MR) is 90.3 cm³/mol. The average Bonchev–Trinajstić information content (AvgIpc) is 3.33. The van der Waals surface area contributed by atoms with E-state index < -0.39 is 21.6 Å². The van der Waals surface area contributed by atoms with Crippen LogP contribution in [0.2, 0.25) is 0 Å². The number of carbonyl (C=O) groups excluding carboxylic acids is 1. The van der Waals surface area contributed by atoms with Crippen molar-refractivity contribution in [3.05, 3.63) is 28.6 Å². The van der Waals surface area contributed by atoms with E-state index in [1.54, 1.807) is 0 Å². The molecule has 2 saturated carbocycles. The van der Waals surface area contributed by atoms with Gasteiger partial charge in [0.1, 0.15) is 5.82 Å². The van der Waals surface area contributed by atoms with Crippen LogP contribution in [0.15, 0.2) is 11.0 Å². The summed E-state index contributed by atoms with van der Waals surface area (Å²) in [5, 5.41) is 0. The maximum absolute atomic E-state index is 15.1. The van der Waals surface area contributed by atoms with Gasteiger partial charge in [-0.1, -0.05) is 19.3 Å². The quantitative estimate of drug-likeness (QED) is 0.880. The normalized spacial score (nSPS) is 19.4. The Labute approximate surface area is 142 Å². The maximum atomic E-state index is 15.1. The molecule has 132 valence electrons. The van der Waals surface area contributed by atoms with Crippen molar-refractivity contribution in [1.29, 1.82) is 0 Å². The van der Waals surface area contributed by atoms with Gasteiger partial charge in [-0.3, -0.25) is 4.79 Å². The van der Waals surface area contributed by atoms with E-state index in [0.29, 0.717) is 0 Å². The van der Waals surface area contributed by atoms with Crippen LogP contribution in [0.5, 0.6) is 0 Å². The van der Waals surface area contributed by atoms with Crippen molar-refractivity contribution in [2.45, 2.75) is 62.7 Å². The lowest BCUT2D eigenvalue weighted by atomic mass is 9.82. The lowest BCUT2D eigenvalue weighted by Crippen LogP contribution is -2.21. The highest BCUT2D eigenvalue weighted by Gasteiger charge is 2.35. The molecule has 1 aromatic carbocycles. The molecular weight excluding hydrogens is 329 g/mol. The van der Waals surface area contributed by atoms with Gasteiger partial charge < -0.3 is 5.73 Å². The standard InChI is InChI=1S/C18H24FNO3S/c1-11-14(18(20)21)9-15(24(22,23)10-12-7-8-12)16(17(11)19)13-5-3-2-4-6-13/h9,12-13H,2-8,10H2,1H3,(H2,20,21). The van der Waals surface area contributed by atoms with E-state index in [2.05, 4.69) is 0 Å². The summed E-state index contributed by atoms with van der Waals surface area (Å²) in [5.41, 5.74) is 5.76. The van der Waals surface area contributed by atoms with Crippen LogP contribution in [0.4, 0.5) is 4.39 Å². The van der Waals surface area contributed by atoms with E-state index in [9.17, 15) is 13.2 Å². The molecule has 2 aliphatic rings. The van der Waals surface area contributed by atoms with Gasteiger partial charge in [0, 0.05) is 11.1 Å². The van der Waals surface area contributed by atoms with Gasteiger partial charge in [-0.15, -0.1) is 0 Å². The van der Waals surface area contributed by atoms with Crippen molar-refractivity contribution >= 4 is 15.7 Å². The molecule has 1 amide bonds. The molecule has 0 saturated heterocycles. The topological polar surface area (TPSA) is 77.2 Å². The molecule has 0 aromatic heterocycles. The summed E-state index contributed by atoms with van der Waals surface area (Å²) in [4.78, 5) is 11.6. The molecule has 0 atom stereocenters. The number of hydrogen-bond donors (Lipinski definition) is 1. The molecule has 0 radical (unpaired) electrons. The monoisotopic (exact) mass is 353 g/mol. The first-order chi connectivity index (χ1) is 11.3. The Morgan fingerprint density at radius 2 is 1.83 bits per heavy atom. The zero-order valence-electron chi connectivity index (χ0n) is 14.0. The first kappa shape index (κ1) is 17.4. The number of hydrogen-bond acceptors (Lipinski definition) is 3. The Morgan fingerprint density at radius 1 is 1.21 bits per heavy atom. The van der Waals surface area contributed by atoms with E-state index in [1.165, 1.54) is 13.0 Å². The van der Waals surface area contributed by atoms with E-state index >= 15 is 4.39 Å². The fourth-order valence-corrected chi connectivity index (χ4v) is 5.74. The summed E-state index contributed by atoms with van der Waals surface area (Å²) in [6.45, 7) is 1.50. The molecule has 0 heterocycles. The second-order valence-corrected chi connectivity index (χ2v) is 9.20. The minimum atomic E-state index is -3.62. The third-order valence-corrected chi connectivity index (χ3v) is 7.19. The molecule has 0 aliphatic heterocycles. The van der Waals surface area contributed by atoms with Gasteiger partial charge in [-0.05, 0) is 56.1 Å². The predicted octanol–water partition coefficient (Wildman–Crippen LogP) is 3.46. The van der Waals surface area contributed by atoms with Crippen LogP contribution in [0.1, 0.15) is 72.3 Å². The van der Waals surface area contributed by atoms with Gasteiger partial charge in [0.25, 0.3) is 0 Å². The fourth-order valence-electron chi connectivity index (χ4n) is 3.72. The van der Waals surface area contributed by atoms with Gasteiger partial charge in [0.15, 0.2) is 9.84 Å². The first-order valence-corrected chi connectivity index (χ1v) is 10.3. The van der Waals surface area contributed by atoms with E-state index in [1.807, 2.05) is 0 Å². The third-order valence-electron chi connectivity index (χ3n) is 5.28. The first-order valence-electron chi connectivity index (χ1n) is 8.67. The molecule has 2 N–H and O–H groups in total. The second-order valence-electron chi connectivity index (χ2n) is 7.20. The van der Waals surface area contributed by atoms with Gasteiger partial charge in [-0.25, -0.2) is 12.8 Å². The SMILES string of the molecule is Cc1c(C(N)=O)cc(S(=O)(=O)CC2CC2)c(C2CCCCC2)c1F. The minimum Gasteiger partial charge on any atom is -0.366 e. The highest BCUT2D eigenvalue weighted by molar-refractivity contribution is 7.91. The number of amides is 1. The summed E-state index contributed by atoms with van der Waals surface area (Å²) in [7, 11) is -3.62. The number of rotatable bonds is 5. The minimum absolute atomic E-state index is 0.00167. The Hall–Kier alpha value is -1.43. The van der Waals surface area contributed by atoms with Crippen molar-refractivity contribution in [3.63, 3.8) is 0 Å². The molecular formula is C18H24FNO3S. The van der Waals surface area contributed by atoms with Crippen LogP contribution in [0, 0.1) is 18.7 Å². The Kier molecular flexibility index (Phi) is 4.69. The molecule has 3 rings (SSSR count). The summed E-state index contributed by atoms with van der Waals surface area (Å²) in [6.07, 6.45) is 6.42. The van der Waals surface area contributed by atoms with Crippen LogP contribution in [0.25, 0.3) is 0 Å². The van der Waals surface area contributed by atoms with Crippen molar-refractivity contribution in [2.24, 2.45) is 11.7 Å². The molecule has 6 heteroatoms. The molecule has 0 bridgehead atoms. The molecule has 4 nitrogen and oxygen atoms in total. The van der Waals surface area contributed by atoms with E-state index in [4.69, 9.17) is 5.73 Å². The van der Waals surface area contributed by atoms with E-state index in [0.717, 1.165) is 44.9 Å². The number of halogens is 1. The maximum Gasteiger partial charge on any atom is 0.249 e. The summed E-state index contributed by atoms with van der Waals surface area (Å²) in [5.74, 6) is -1.25. The number of carbonyl (C=O) groups is 1. The highest BCUT2D eigenvalue weighted by Crippen LogP contribution is 2.41. The number of nitrogens with two attached hydrogens (primary N) is 1. The van der Waals surface area contributed by atoms with Crippen LogP contribution < -0.4 is 5.73 Å². The lowest BCUT2D eigenvalue weighted by molar-refractivity contribution is 0.0999. The van der Waals surface area contributed by atoms with Crippen molar-refractivity contribution in [2.75, 3.05) is 5.75 Å². The molecule has 2 aliphatic carbocycles. The van der Waals surface area contributed by atoms with Crippen LogP contribution in [-0.4, -0.2) is 20.1 Å². The van der Waals surface area contributed by atoms with Crippen LogP contribution in [-0.2, 0) is 9.84 Å². The number of benzene rings is 1. The molecule has 0 unspecified atom stereocenters. The van der Waals surface area contributed by atoms with Gasteiger partial charge in [0.05, 0.1) is 10.6 Å². The summed E-state index contributed by atoms with van der Waals surface area (Å²) < 4.78 is 40.8. The van der Waals surface area contributed by atoms with Crippen molar-refractivity contribution < 1.29 is 17.6 Å². The van der Waals surface area contributed by atoms with Crippen LogP contribution >= 0.6 is 0 Å². The third kappa shape index (κ3) is 3.34. The van der Waals surface area contributed by atoms with Crippen molar-refractivity contribution in [1.82, 2.24) is 0 Å². The molecule has 1 aromatic rings. The van der Waals surface area contributed by atoms with Gasteiger partial charge in [-0.2, -0.15) is 0 Å². The van der Waals surface area contributed by atoms with Gasteiger partial charge >= 0.3 is 0 Å². The molecule has 0 spiro atoms. The van der Waals surface area contributed by atoms with Crippen molar-refractivity contribution in [3.8, 4) is 0 Å². The van der Waals surface area contributed by atoms with Crippen LogP contribution in [0.3, 0.4) is 0 Å². The smallest absolute Gasteiger partial charge is 0.249 e. The van der Waals surface area contributed by atoms with E-state index in [-0.39, 0.29) is 39.2 Å². The Bertz CT molecular complexity index is 763. The zero-order chi connectivity index (χ0) is 17.5. The molecule has 2 fully saturated rings. The second kappa shape index (κ2) is 6.47. The van der Waals surface area contributed by atoms with Gasteiger partial charge in [0.2, 0.25) is 5.91 Å². The Morgan fingerprint density at radius 3 is 2.38 bits per heavy atom. The summed E-state index contributed by atoms with van der Waals surface area (Å²) >= 11 is 0. The largest absolute Gasteiger partial charge is 0.366 e. The Balaban J connectivity index is 2.17. The fraction of sp³-hybridized carbons (Fsp3) is 0.611. The lowest BCUT2D eigenvalue weighted by Gasteiger charge is -2.26. The summed E-state index contributed by atoms with van der Waals surface area (Å²) in [6, 6.07) is 1.32. The number of sulfone groups is 1.